The molecular weight excluding hydrogens is 257 g/mol. The molecule has 6 heteroatoms. The molecule has 18 heavy (non-hydrogen) atoms. The van der Waals surface area contributed by atoms with E-state index in [1.54, 1.807) is 0 Å². The zero-order valence-corrected chi connectivity index (χ0v) is 10.7. The molecule has 2 N–H and O–H groups in total. The van der Waals surface area contributed by atoms with Crippen molar-refractivity contribution >= 4 is 23.6 Å². The van der Waals surface area contributed by atoms with Gasteiger partial charge in [-0.2, -0.15) is 11.8 Å². The Labute approximate surface area is 109 Å². The number of rotatable bonds is 6. The normalized spacial score (nSPS) is 11.9. The van der Waals surface area contributed by atoms with Gasteiger partial charge in [0.05, 0.1) is 0 Å². The van der Waals surface area contributed by atoms with Gasteiger partial charge in [-0.3, -0.25) is 4.79 Å². The maximum atomic E-state index is 12.9. The molecule has 0 aromatic heterocycles. The van der Waals surface area contributed by atoms with Crippen LogP contribution in [-0.2, 0) is 4.79 Å². The van der Waals surface area contributed by atoms with Crippen LogP contribution in [0.25, 0.3) is 0 Å². The number of carbonyl (C=O) groups excluding carboxylic acids is 1. The first-order valence-corrected chi connectivity index (χ1v) is 6.72. The van der Waals surface area contributed by atoms with Gasteiger partial charge in [-0.05, 0) is 36.6 Å². The molecule has 0 spiro atoms. The van der Waals surface area contributed by atoms with E-state index in [1.807, 2.05) is 6.26 Å². The van der Waals surface area contributed by atoms with Gasteiger partial charge < -0.3 is 10.4 Å². The second-order valence-electron chi connectivity index (χ2n) is 3.66. The Morgan fingerprint density at radius 1 is 1.50 bits per heavy atom. The molecule has 1 rings (SSSR count). The van der Waals surface area contributed by atoms with Crippen LogP contribution in [0.3, 0.4) is 0 Å². The standard InChI is InChI=1S/C12H14FNO3S/c1-18-6-5-10(12(16)17)14-11(15)8-3-2-4-9(13)7-8/h2-4,7,10H,5-6H2,1H3,(H,14,15)(H,16,17). The Kier molecular flexibility index (Phi) is 5.64. The summed E-state index contributed by atoms with van der Waals surface area (Å²) < 4.78 is 12.9. The molecule has 1 amide bonds. The molecule has 0 radical (unpaired) electrons. The molecule has 0 bridgehead atoms. The van der Waals surface area contributed by atoms with Crippen LogP contribution >= 0.6 is 11.8 Å². The number of carboxylic acids is 1. The molecule has 1 aromatic carbocycles. The largest absolute Gasteiger partial charge is 0.480 e. The van der Waals surface area contributed by atoms with Gasteiger partial charge in [-0.1, -0.05) is 6.07 Å². The summed E-state index contributed by atoms with van der Waals surface area (Å²) in [6.45, 7) is 0. The van der Waals surface area contributed by atoms with Crippen molar-refractivity contribution in [2.45, 2.75) is 12.5 Å². The Morgan fingerprint density at radius 2 is 2.22 bits per heavy atom. The summed E-state index contributed by atoms with van der Waals surface area (Å²) >= 11 is 1.50. The predicted molar refractivity (Wildman–Crippen MR) is 68.3 cm³/mol. The van der Waals surface area contributed by atoms with E-state index in [4.69, 9.17) is 5.11 Å². The molecular formula is C12H14FNO3S. The SMILES string of the molecule is CSCCC(NC(=O)c1cccc(F)c1)C(=O)O. The van der Waals surface area contributed by atoms with E-state index < -0.39 is 23.7 Å². The van der Waals surface area contributed by atoms with Crippen LogP contribution < -0.4 is 5.32 Å². The number of hydrogen-bond acceptors (Lipinski definition) is 3. The lowest BCUT2D eigenvalue weighted by molar-refractivity contribution is -0.139. The number of hydrogen-bond donors (Lipinski definition) is 2. The Hall–Kier alpha value is -1.56. The van der Waals surface area contributed by atoms with Gasteiger partial charge in [0, 0.05) is 5.56 Å². The topological polar surface area (TPSA) is 66.4 Å². The lowest BCUT2D eigenvalue weighted by Gasteiger charge is -2.13. The number of nitrogens with one attached hydrogen (secondary N) is 1. The quantitative estimate of drug-likeness (QED) is 0.827. The van der Waals surface area contributed by atoms with E-state index in [0.717, 1.165) is 6.07 Å². The van der Waals surface area contributed by atoms with E-state index >= 15 is 0 Å². The first-order valence-electron chi connectivity index (χ1n) is 5.32. The van der Waals surface area contributed by atoms with Crippen molar-refractivity contribution in [2.75, 3.05) is 12.0 Å². The maximum Gasteiger partial charge on any atom is 0.326 e. The number of halogens is 1. The van der Waals surface area contributed by atoms with Gasteiger partial charge in [-0.25, -0.2) is 9.18 Å². The molecule has 4 nitrogen and oxygen atoms in total. The van der Waals surface area contributed by atoms with Crippen LogP contribution in [-0.4, -0.2) is 35.0 Å². The molecule has 0 heterocycles. The van der Waals surface area contributed by atoms with Crippen LogP contribution in [0.2, 0.25) is 0 Å². The van der Waals surface area contributed by atoms with Gasteiger partial charge in [0.25, 0.3) is 5.91 Å². The number of carbonyl (C=O) groups is 2. The summed E-state index contributed by atoms with van der Waals surface area (Å²) in [6, 6.07) is 4.18. The highest BCUT2D eigenvalue weighted by molar-refractivity contribution is 7.98. The highest BCUT2D eigenvalue weighted by atomic mass is 32.2. The number of thioether (sulfide) groups is 1. The average Bonchev–Trinajstić information content (AvgIpc) is 2.33. The molecule has 1 atom stereocenters. The summed E-state index contributed by atoms with van der Waals surface area (Å²) in [5.41, 5.74) is 0.116. The Bertz CT molecular complexity index is 439. The molecule has 98 valence electrons. The summed E-state index contributed by atoms with van der Waals surface area (Å²) in [7, 11) is 0. The third kappa shape index (κ3) is 4.37. The van der Waals surface area contributed by atoms with Crippen LogP contribution in [0.15, 0.2) is 24.3 Å². The van der Waals surface area contributed by atoms with E-state index in [9.17, 15) is 14.0 Å². The molecule has 0 aliphatic carbocycles. The molecule has 0 aliphatic heterocycles. The first-order chi connectivity index (χ1) is 8.54. The van der Waals surface area contributed by atoms with Gasteiger partial charge in [0.15, 0.2) is 0 Å². The van der Waals surface area contributed by atoms with Crippen molar-refractivity contribution in [3.8, 4) is 0 Å². The first kappa shape index (κ1) is 14.5. The fourth-order valence-corrected chi connectivity index (χ4v) is 1.84. The second kappa shape index (κ2) is 7.00. The maximum absolute atomic E-state index is 12.9. The third-order valence-corrected chi connectivity index (χ3v) is 2.94. The monoisotopic (exact) mass is 271 g/mol. The van der Waals surface area contributed by atoms with Crippen LogP contribution in [0, 0.1) is 5.82 Å². The van der Waals surface area contributed by atoms with Crippen molar-refractivity contribution in [1.29, 1.82) is 0 Å². The van der Waals surface area contributed by atoms with Gasteiger partial charge in [0.1, 0.15) is 11.9 Å². The zero-order valence-electron chi connectivity index (χ0n) is 9.85. The number of amides is 1. The minimum atomic E-state index is -1.09. The lowest BCUT2D eigenvalue weighted by atomic mass is 10.1. The number of aliphatic carboxylic acids is 1. The van der Waals surface area contributed by atoms with Crippen molar-refractivity contribution in [3.63, 3.8) is 0 Å². The molecule has 0 fully saturated rings. The van der Waals surface area contributed by atoms with Crippen molar-refractivity contribution in [1.82, 2.24) is 5.32 Å². The summed E-state index contributed by atoms with van der Waals surface area (Å²) in [5, 5.41) is 11.3. The second-order valence-corrected chi connectivity index (χ2v) is 4.64. The summed E-state index contributed by atoms with van der Waals surface area (Å²) in [5.74, 6) is -1.57. The zero-order chi connectivity index (χ0) is 13.5. The van der Waals surface area contributed by atoms with Gasteiger partial charge in [-0.15, -0.1) is 0 Å². The fourth-order valence-electron chi connectivity index (χ4n) is 1.36. The smallest absolute Gasteiger partial charge is 0.326 e. The van der Waals surface area contributed by atoms with Gasteiger partial charge >= 0.3 is 5.97 Å². The molecule has 0 saturated heterocycles. The molecule has 1 aromatic rings. The average molecular weight is 271 g/mol. The van der Waals surface area contributed by atoms with Crippen LogP contribution in [0.1, 0.15) is 16.8 Å². The molecule has 0 saturated carbocycles. The lowest BCUT2D eigenvalue weighted by Crippen LogP contribution is -2.41. The highest BCUT2D eigenvalue weighted by Crippen LogP contribution is 2.06. The third-order valence-electron chi connectivity index (χ3n) is 2.30. The van der Waals surface area contributed by atoms with Crippen LogP contribution in [0.4, 0.5) is 4.39 Å². The molecule has 0 aliphatic rings. The van der Waals surface area contributed by atoms with E-state index in [1.165, 1.54) is 30.0 Å². The summed E-state index contributed by atoms with van der Waals surface area (Å²) in [4.78, 5) is 22.7. The molecule has 1 unspecified atom stereocenters. The minimum absolute atomic E-state index is 0.116. The Morgan fingerprint density at radius 3 is 2.78 bits per heavy atom. The number of benzene rings is 1. The van der Waals surface area contributed by atoms with Crippen LogP contribution in [0.5, 0.6) is 0 Å². The fraction of sp³-hybridized carbons (Fsp3) is 0.333. The van der Waals surface area contributed by atoms with E-state index in [-0.39, 0.29) is 5.56 Å². The van der Waals surface area contributed by atoms with Crippen molar-refractivity contribution in [3.05, 3.63) is 35.6 Å². The number of carboxylic acid groups (broad SMARTS) is 1. The van der Waals surface area contributed by atoms with E-state index in [2.05, 4.69) is 5.32 Å². The summed E-state index contributed by atoms with van der Waals surface area (Å²) in [6.07, 6.45) is 2.19. The minimum Gasteiger partial charge on any atom is -0.480 e. The predicted octanol–water partition coefficient (Wildman–Crippen LogP) is 1.76. The van der Waals surface area contributed by atoms with Gasteiger partial charge in [0.2, 0.25) is 0 Å². The highest BCUT2D eigenvalue weighted by Gasteiger charge is 2.20. The van der Waals surface area contributed by atoms with Crippen molar-refractivity contribution in [2.24, 2.45) is 0 Å². The Balaban J connectivity index is 2.69. The van der Waals surface area contributed by atoms with E-state index in [0.29, 0.717) is 12.2 Å². The van der Waals surface area contributed by atoms with Crippen molar-refractivity contribution < 1.29 is 19.1 Å².